The number of benzene rings is 2. The average Bonchev–Trinajstić information content (AvgIpc) is 2.66. The lowest BCUT2D eigenvalue weighted by Crippen LogP contribution is -2.16. The normalized spacial score (nSPS) is 11.1. The number of rotatable bonds is 9. The third kappa shape index (κ3) is 5.59. The fraction of sp³-hybridized carbons (Fsp3) is 0.318. The van der Waals surface area contributed by atoms with E-state index in [4.69, 9.17) is 15.5 Å². The molecule has 1 aromatic heterocycles. The Hall–Kier alpha value is -2.79. The Morgan fingerprint density at radius 1 is 1.07 bits per heavy atom. The Balaban J connectivity index is 1.69. The van der Waals surface area contributed by atoms with E-state index in [2.05, 4.69) is 30.4 Å². The molecule has 0 fully saturated rings. The first-order valence-corrected chi connectivity index (χ1v) is 9.37. The lowest BCUT2D eigenvalue weighted by Gasteiger charge is -2.15. The van der Waals surface area contributed by atoms with Gasteiger partial charge in [0.15, 0.2) is 0 Å². The van der Waals surface area contributed by atoms with E-state index in [0.717, 1.165) is 47.5 Å². The highest BCUT2D eigenvalue weighted by Crippen LogP contribution is 2.23. The van der Waals surface area contributed by atoms with E-state index < -0.39 is 0 Å². The molecule has 3 rings (SSSR count). The second kappa shape index (κ2) is 9.24. The number of nitrogens with one attached hydrogen (secondary N) is 1. The van der Waals surface area contributed by atoms with Gasteiger partial charge in [-0.25, -0.2) is 4.98 Å². The van der Waals surface area contributed by atoms with Crippen molar-refractivity contribution in [2.45, 2.75) is 12.8 Å². The van der Waals surface area contributed by atoms with Crippen LogP contribution in [0, 0.1) is 0 Å². The molecule has 142 valence electrons. The van der Waals surface area contributed by atoms with E-state index in [9.17, 15) is 0 Å². The highest BCUT2D eigenvalue weighted by Gasteiger charge is 2.08. The Morgan fingerprint density at radius 2 is 1.89 bits per heavy atom. The first kappa shape index (κ1) is 19.0. The van der Waals surface area contributed by atoms with Gasteiger partial charge in [0.25, 0.3) is 0 Å². The SMILES string of the molecule is CN(C)CCCc1cc2cc(N)ccc2nc1NCCOc1ccccc1. The number of nitrogens with two attached hydrogens (primary N) is 1. The maximum atomic E-state index is 5.94. The van der Waals surface area contributed by atoms with Gasteiger partial charge < -0.3 is 20.7 Å². The molecular formula is C22H28N4O. The van der Waals surface area contributed by atoms with Crippen LogP contribution in [0.3, 0.4) is 0 Å². The smallest absolute Gasteiger partial charge is 0.130 e. The zero-order valence-electron chi connectivity index (χ0n) is 16.1. The number of aromatic nitrogens is 1. The number of ether oxygens (including phenoxy) is 1. The Bertz CT molecular complexity index is 865. The summed E-state index contributed by atoms with van der Waals surface area (Å²) in [4.78, 5) is 7.02. The summed E-state index contributed by atoms with van der Waals surface area (Å²) in [5.41, 5.74) is 8.87. The number of nitrogens with zero attached hydrogens (tertiary/aromatic N) is 2. The summed E-state index contributed by atoms with van der Waals surface area (Å²) in [6.45, 7) is 2.33. The fourth-order valence-corrected chi connectivity index (χ4v) is 3.02. The van der Waals surface area contributed by atoms with Crippen LogP contribution in [0.25, 0.3) is 10.9 Å². The highest BCUT2D eigenvalue weighted by atomic mass is 16.5. The number of para-hydroxylation sites is 1. The van der Waals surface area contributed by atoms with Gasteiger partial charge in [0.1, 0.15) is 18.2 Å². The molecule has 3 aromatic rings. The summed E-state index contributed by atoms with van der Waals surface area (Å²) in [6, 6.07) is 17.9. The van der Waals surface area contributed by atoms with Gasteiger partial charge in [-0.1, -0.05) is 18.2 Å². The van der Waals surface area contributed by atoms with Crippen molar-refractivity contribution in [2.24, 2.45) is 0 Å². The van der Waals surface area contributed by atoms with Crippen molar-refractivity contribution >= 4 is 22.4 Å². The molecule has 5 nitrogen and oxygen atoms in total. The number of pyridine rings is 1. The van der Waals surface area contributed by atoms with Gasteiger partial charge in [0.05, 0.1) is 12.1 Å². The van der Waals surface area contributed by atoms with Crippen molar-refractivity contribution in [1.29, 1.82) is 0 Å². The van der Waals surface area contributed by atoms with Gasteiger partial charge >= 0.3 is 0 Å². The van der Waals surface area contributed by atoms with Crippen LogP contribution in [0.4, 0.5) is 11.5 Å². The predicted octanol–water partition coefficient (Wildman–Crippen LogP) is 3.80. The van der Waals surface area contributed by atoms with Crippen LogP contribution in [0.5, 0.6) is 5.75 Å². The minimum Gasteiger partial charge on any atom is -0.492 e. The van der Waals surface area contributed by atoms with Gasteiger partial charge in [0, 0.05) is 11.1 Å². The molecule has 0 unspecified atom stereocenters. The second-order valence-corrected chi connectivity index (χ2v) is 6.94. The van der Waals surface area contributed by atoms with Crippen LogP contribution in [0.2, 0.25) is 0 Å². The monoisotopic (exact) mass is 364 g/mol. The summed E-state index contributed by atoms with van der Waals surface area (Å²) < 4.78 is 5.77. The molecule has 3 N–H and O–H groups in total. The molecule has 5 heteroatoms. The molecule has 0 amide bonds. The molecular weight excluding hydrogens is 336 g/mol. The van der Waals surface area contributed by atoms with Crippen LogP contribution in [0.1, 0.15) is 12.0 Å². The molecule has 2 aromatic carbocycles. The number of hydrogen-bond donors (Lipinski definition) is 2. The largest absolute Gasteiger partial charge is 0.492 e. The molecule has 0 saturated carbocycles. The maximum Gasteiger partial charge on any atom is 0.130 e. The van der Waals surface area contributed by atoms with E-state index in [-0.39, 0.29) is 0 Å². The molecule has 0 bridgehead atoms. The van der Waals surface area contributed by atoms with Crippen LogP contribution in [-0.4, -0.2) is 43.7 Å². The third-order valence-corrected chi connectivity index (χ3v) is 4.38. The van der Waals surface area contributed by atoms with Crippen LogP contribution < -0.4 is 15.8 Å². The lowest BCUT2D eigenvalue weighted by molar-refractivity contribution is 0.332. The predicted molar refractivity (Wildman–Crippen MR) is 113 cm³/mol. The van der Waals surface area contributed by atoms with E-state index in [1.54, 1.807) is 0 Å². The number of fused-ring (bicyclic) bond motifs is 1. The highest BCUT2D eigenvalue weighted by molar-refractivity contribution is 5.84. The van der Waals surface area contributed by atoms with E-state index in [0.29, 0.717) is 13.2 Å². The van der Waals surface area contributed by atoms with E-state index in [1.807, 2.05) is 48.5 Å². The van der Waals surface area contributed by atoms with Gasteiger partial charge in [-0.2, -0.15) is 0 Å². The molecule has 0 spiro atoms. The van der Waals surface area contributed by atoms with Gasteiger partial charge in [-0.15, -0.1) is 0 Å². The van der Waals surface area contributed by atoms with Crippen molar-refractivity contribution in [2.75, 3.05) is 44.8 Å². The van der Waals surface area contributed by atoms with Crippen LogP contribution in [-0.2, 0) is 6.42 Å². The third-order valence-electron chi connectivity index (χ3n) is 4.38. The average molecular weight is 364 g/mol. The quantitative estimate of drug-likeness (QED) is 0.447. The number of aryl methyl sites for hydroxylation is 1. The molecule has 0 radical (unpaired) electrons. The summed E-state index contributed by atoms with van der Waals surface area (Å²) in [6.07, 6.45) is 2.05. The van der Waals surface area contributed by atoms with Crippen LogP contribution in [0.15, 0.2) is 54.6 Å². The number of nitrogen functional groups attached to an aromatic ring is 1. The molecule has 27 heavy (non-hydrogen) atoms. The van der Waals surface area contributed by atoms with Crippen molar-refractivity contribution in [3.8, 4) is 5.75 Å². The van der Waals surface area contributed by atoms with Crippen molar-refractivity contribution < 1.29 is 4.74 Å². The summed E-state index contributed by atoms with van der Waals surface area (Å²) in [5.74, 6) is 1.81. The summed E-state index contributed by atoms with van der Waals surface area (Å²) in [5, 5.41) is 4.53. The van der Waals surface area contributed by atoms with E-state index in [1.165, 1.54) is 5.56 Å². The molecule has 0 aliphatic rings. The van der Waals surface area contributed by atoms with Crippen molar-refractivity contribution in [3.63, 3.8) is 0 Å². The molecule has 1 heterocycles. The first-order valence-electron chi connectivity index (χ1n) is 9.37. The second-order valence-electron chi connectivity index (χ2n) is 6.94. The van der Waals surface area contributed by atoms with Gasteiger partial charge in [-0.3, -0.25) is 0 Å². The minimum absolute atomic E-state index is 0.586. The Kier molecular flexibility index (Phi) is 6.49. The topological polar surface area (TPSA) is 63.4 Å². The molecule has 0 saturated heterocycles. The van der Waals surface area contributed by atoms with Gasteiger partial charge in [0.2, 0.25) is 0 Å². The van der Waals surface area contributed by atoms with Crippen LogP contribution >= 0.6 is 0 Å². The van der Waals surface area contributed by atoms with E-state index >= 15 is 0 Å². The van der Waals surface area contributed by atoms with Crippen molar-refractivity contribution in [1.82, 2.24) is 9.88 Å². The van der Waals surface area contributed by atoms with Gasteiger partial charge in [-0.05, 0) is 75.4 Å². The number of hydrogen-bond acceptors (Lipinski definition) is 5. The summed E-state index contributed by atoms with van der Waals surface area (Å²) in [7, 11) is 4.19. The zero-order chi connectivity index (χ0) is 19.1. The Labute approximate surface area is 161 Å². The van der Waals surface area contributed by atoms with Crippen molar-refractivity contribution in [3.05, 3.63) is 60.2 Å². The number of anilines is 2. The summed E-state index contributed by atoms with van der Waals surface area (Å²) >= 11 is 0. The molecule has 0 aliphatic carbocycles. The minimum atomic E-state index is 0.586. The lowest BCUT2D eigenvalue weighted by atomic mass is 10.1. The zero-order valence-corrected chi connectivity index (χ0v) is 16.1. The standard InChI is InChI=1S/C22H28N4O/c1-26(2)13-6-7-17-15-18-16-19(23)10-11-21(18)25-22(17)24-12-14-27-20-8-4-3-5-9-20/h3-5,8-11,15-16H,6-7,12-14,23H2,1-2H3,(H,24,25). The molecule has 0 aliphatic heterocycles. The molecule has 0 atom stereocenters. The fourth-order valence-electron chi connectivity index (χ4n) is 3.02. The maximum absolute atomic E-state index is 5.94. The Morgan fingerprint density at radius 3 is 2.67 bits per heavy atom. The first-order chi connectivity index (χ1) is 13.1.